The lowest BCUT2D eigenvalue weighted by molar-refractivity contribution is -0.121. The first-order valence-electron chi connectivity index (χ1n) is 2.49. The lowest BCUT2D eigenvalue weighted by Crippen LogP contribution is -2.10. The van der Waals surface area contributed by atoms with Crippen molar-refractivity contribution in [3.8, 4) is 0 Å². The minimum absolute atomic E-state index is 0.00213. The molecule has 0 N–H and O–H groups in total. The van der Waals surface area contributed by atoms with Crippen LogP contribution in [0.5, 0.6) is 0 Å². The van der Waals surface area contributed by atoms with E-state index in [9.17, 15) is 9.00 Å². The van der Waals surface area contributed by atoms with Crippen molar-refractivity contribution in [3.05, 3.63) is 0 Å². The Morgan fingerprint density at radius 2 is 2.22 bits per heavy atom. The molecule has 0 unspecified atom stereocenters. The molecule has 0 aromatic carbocycles. The van der Waals surface area contributed by atoms with Crippen LogP contribution in [0.15, 0.2) is 0 Å². The predicted molar refractivity (Wildman–Crippen MR) is 35.1 cm³/mol. The molecular formula is C5H8O3S. The summed E-state index contributed by atoms with van der Waals surface area (Å²) in [4.78, 5) is 9.68. The van der Waals surface area contributed by atoms with E-state index in [1.165, 1.54) is 0 Å². The van der Waals surface area contributed by atoms with Crippen molar-refractivity contribution in [1.82, 2.24) is 0 Å². The minimum Gasteiger partial charge on any atom is -0.419 e. The monoisotopic (exact) mass is 148 g/mol. The molecule has 0 aromatic rings. The van der Waals surface area contributed by atoms with Crippen LogP contribution < -0.4 is 0 Å². The number of hydrogen-bond donors (Lipinski definition) is 0. The highest BCUT2D eigenvalue weighted by molar-refractivity contribution is 7.66. The summed E-state index contributed by atoms with van der Waals surface area (Å²) >= 11 is 0.216. The molecule has 9 heavy (non-hydrogen) atoms. The maximum Gasteiger partial charge on any atom is 0.299 e. The van der Waals surface area contributed by atoms with Gasteiger partial charge in [0.1, 0.15) is 11.3 Å². The molecule has 0 amide bonds. The van der Waals surface area contributed by atoms with Gasteiger partial charge in [0.15, 0.2) is 0 Å². The largest absolute Gasteiger partial charge is 0.419 e. The van der Waals surface area contributed by atoms with E-state index < -0.39 is 0 Å². The van der Waals surface area contributed by atoms with Gasteiger partial charge in [0.25, 0.3) is 6.47 Å². The van der Waals surface area contributed by atoms with Gasteiger partial charge in [-0.1, -0.05) is 13.8 Å². The molecule has 0 fully saturated rings. The Bertz CT molecular complexity index is 146. The number of rotatable bonds is 2. The van der Waals surface area contributed by atoms with Crippen LogP contribution in [0.4, 0.5) is 0 Å². The smallest absolute Gasteiger partial charge is 0.299 e. The molecule has 0 spiro atoms. The van der Waals surface area contributed by atoms with Crippen LogP contribution in [0.3, 0.4) is 0 Å². The Balaban J connectivity index is 4.01. The standard InChI is InChI=1S/C5H8O3S/c1-4(2)5(9-7)8-3-6/h3-4H,1-2H3. The van der Waals surface area contributed by atoms with E-state index in [-0.39, 0.29) is 28.7 Å². The molecule has 4 heteroatoms. The zero-order valence-electron chi connectivity index (χ0n) is 5.29. The normalized spacial score (nSPS) is 8.78. The molecule has 0 aromatic heterocycles. The van der Waals surface area contributed by atoms with E-state index in [2.05, 4.69) is 4.74 Å². The summed E-state index contributed by atoms with van der Waals surface area (Å²) in [6.45, 7) is 3.83. The molecule has 0 saturated heterocycles. The van der Waals surface area contributed by atoms with Crippen molar-refractivity contribution in [2.45, 2.75) is 13.8 Å². The van der Waals surface area contributed by atoms with Gasteiger partial charge in [-0.15, -0.1) is 0 Å². The quantitative estimate of drug-likeness (QED) is 0.414. The Morgan fingerprint density at radius 3 is 2.33 bits per heavy atom. The highest BCUT2D eigenvalue weighted by atomic mass is 32.1. The Morgan fingerprint density at radius 1 is 1.67 bits per heavy atom. The van der Waals surface area contributed by atoms with Crippen LogP contribution in [0.1, 0.15) is 13.8 Å². The van der Waals surface area contributed by atoms with Crippen molar-refractivity contribution in [2.75, 3.05) is 0 Å². The third-order valence-electron chi connectivity index (χ3n) is 0.718. The zero-order chi connectivity index (χ0) is 7.28. The van der Waals surface area contributed by atoms with Crippen molar-refractivity contribution in [3.63, 3.8) is 0 Å². The molecule has 52 valence electrons. The molecule has 0 atom stereocenters. The van der Waals surface area contributed by atoms with Crippen LogP contribution in [-0.4, -0.2) is 15.7 Å². The predicted octanol–water partition coefficient (Wildman–Crippen LogP) is 0.158. The van der Waals surface area contributed by atoms with Gasteiger partial charge in [-0.3, -0.25) is 4.79 Å². The summed E-state index contributed by atoms with van der Waals surface area (Å²) in [5, 5.41) is 0.213. The Hall–Kier alpha value is -0.640. The van der Waals surface area contributed by atoms with E-state index in [1.807, 2.05) is 0 Å². The zero-order valence-corrected chi connectivity index (χ0v) is 6.10. The Kier molecular flexibility index (Phi) is 3.96. The molecule has 0 radical (unpaired) electrons. The third-order valence-corrected chi connectivity index (χ3v) is 1.45. The van der Waals surface area contributed by atoms with Crippen LogP contribution in [-0.2, 0) is 20.8 Å². The average Bonchev–Trinajstić information content (AvgIpc) is 1.82. The third kappa shape index (κ3) is 3.03. The van der Waals surface area contributed by atoms with Crippen LogP contribution in [0, 0.1) is 5.92 Å². The van der Waals surface area contributed by atoms with Gasteiger partial charge in [0, 0.05) is 5.92 Å². The average molecular weight is 148 g/mol. The van der Waals surface area contributed by atoms with Crippen molar-refractivity contribution < 1.29 is 13.7 Å². The fourth-order valence-corrected chi connectivity index (χ4v) is 0.570. The highest BCUT2D eigenvalue weighted by Gasteiger charge is 2.03. The first kappa shape index (κ1) is 8.36. The van der Waals surface area contributed by atoms with Gasteiger partial charge >= 0.3 is 0 Å². The fourth-order valence-electron chi connectivity index (χ4n) is 0.299. The summed E-state index contributed by atoms with van der Waals surface area (Å²) in [7, 11) is 0. The molecule has 0 rings (SSSR count). The molecule has 0 aliphatic rings. The molecule has 0 aliphatic heterocycles. The summed E-state index contributed by atoms with van der Waals surface area (Å²) in [5.74, 6) is -0.00213. The van der Waals surface area contributed by atoms with E-state index >= 15 is 0 Å². The number of carbonyl (C=O) groups is 1. The molecular weight excluding hydrogens is 140 g/mol. The second-order valence-corrected chi connectivity index (χ2v) is 2.34. The Labute approximate surface area is 57.1 Å². The SMILES string of the molecule is CC(C)C(OC=O)=S=O. The first-order valence-corrected chi connectivity index (χ1v) is 3.23. The molecule has 0 bridgehead atoms. The molecule has 0 aliphatic carbocycles. The maximum absolute atomic E-state index is 10.1. The van der Waals surface area contributed by atoms with Crippen molar-refractivity contribution in [1.29, 1.82) is 0 Å². The molecule has 0 heterocycles. The number of hydrogen-bond acceptors (Lipinski definition) is 3. The van der Waals surface area contributed by atoms with Gasteiger partial charge in [-0.25, -0.2) is 4.21 Å². The lowest BCUT2D eigenvalue weighted by atomic mass is 10.2. The molecule has 0 saturated carbocycles. The maximum atomic E-state index is 10.1. The van der Waals surface area contributed by atoms with Gasteiger partial charge in [-0.2, -0.15) is 0 Å². The van der Waals surface area contributed by atoms with Crippen LogP contribution >= 0.6 is 0 Å². The number of ether oxygens (including phenoxy) is 1. The van der Waals surface area contributed by atoms with Gasteiger partial charge in [0.2, 0.25) is 5.05 Å². The van der Waals surface area contributed by atoms with Gasteiger partial charge < -0.3 is 4.74 Å². The minimum atomic E-state index is -0.00213. The van der Waals surface area contributed by atoms with Crippen LogP contribution in [0.25, 0.3) is 0 Å². The lowest BCUT2D eigenvalue weighted by Gasteiger charge is -2.00. The second kappa shape index (κ2) is 4.26. The van der Waals surface area contributed by atoms with E-state index in [0.29, 0.717) is 0 Å². The van der Waals surface area contributed by atoms with Crippen molar-refractivity contribution >= 4 is 22.8 Å². The van der Waals surface area contributed by atoms with Crippen LogP contribution in [0.2, 0.25) is 0 Å². The second-order valence-electron chi connectivity index (χ2n) is 1.77. The van der Waals surface area contributed by atoms with E-state index in [1.54, 1.807) is 13.8 Å². The van der Waals surface area contributed by atoms with Gasteiger partial charge in [0.05, 0.1) is 0 Å². The van der Waals surface area contributed by atoms with E-state index in [4.69, 9.17) is 0 Å². The summed E-state index contributed by atoms with van der Waals surface area (Å²) in [5.41, 5.74) is 0. The summed E-state index contributed by atoms with van der Waals surface area (Å²) in [6, 6.07) is 0. The molecule has 3 nitrogen and oxygen atoms in total. The number of carbonyl (C=O) groups excluding carboxylic acids is 1. The summed E-state index contributed by atoms with van der Waals surface area (Å²) in [6.07, 6.45) is 0. The highest BCUT2D eigenvalue weighted by Crippen LogP contribution is 1.93. The summed E-state index contributed by atoms with van der Waals surface area (Å²) < 4.78 is 14.4. The van der Waals surface area contributed by atoms with Gasteiger partial charge in [-0.05, 0) is 0 Å². The van der Waals surface area contributed by atoms with E-state index in [0.717, 1.165) is 0 Å². The fraction of sp³-hybridized carbons (Fsp3) is 0.600. The first-order chi connectivity index (χ1) is 4.22. The topological polar surface area (TPSA) is 43.4 Å². The van der Waals surface area contributed by atoms with Crippen molar-refractivity contribution in [2.24, 2.45) is 5.92 Å².